The summed E-state index contributed by atoms with van der Waals surface area (Å²) < 4.78 is 5.11. The topological polar surface area (TPSA) is 66.9 Å². The molecule has 2 aromatic rings. The number of methoxy groups -OCH3 is 1. The molecule has 2 fully saturated rings. The summed E-state index contributed by atoms with van der Waals surface area (Å²) in [6.07, 6.45) is 2.05. The molecule has 0 N–H and O–H groups in total. The summed E-state index contributed by atoms with van der Waals surface area (Å²) in [5, 5.41) is 0. The van der Waals surface area contributed by atoms with E-state index in [1.807, 2.05) is 61.2 Å². The van der Waals surface area contributed by atoms with Crippen LogP contribution in [0.2, 0.25) is 0 Å². The van der Waals surface area contributed by atoms with Crippen molar-refractivity contribution in [2.24, 2.45) is 11.8 Å². The fourth-order valence-electron chi connectivity index (χ4n) is 5.45. The first-order valence-corrected chi connectivity index (χ1v) is 10.9. The van der Waals surface area contributed by atoms with Gasteiger partial charge in [-0.2, -0.15) is 0 Å². The number of hydrogen-bond donors (Lipinski definition) is 0. The molecule has 0 radical (unpaired) electrons. The van der Waals surface area contributed by atoms with Gasteiger partial charge in [0.1, 0.15) is 6.04 Å². The van der Waals surface area contributed by atoms with E-state index in [4.69, 9.17) is 4.74 Å². The molecule has 2 amide bonds. The van der Waals surface area contributed by atoms with E-state index >= 15 is 0 Å². The molecular formula is C26H26N2O4. The van der Waals surface area contributed by atoms with E-state index in [1.165, 1.54) is 4.90 Å². The van der Waals surface area contributed by atoms with E-state index in [0.29, 0.717) is 5.56 Å². The third-order valence-electron chi connectivity index (χ3n) is 6.97. The maximum Gasteiger partial charge on any atom is 0.235 e. The number of imide groups is 1. The number of nitrogens with zero attached hydrogens (tertiary/aromatic N) is 2. The highest BCUT2D eigenvalue weighted by atomic mass is 16.5. The highest BCUT2D eigenvalue weighted by Crippen LogP contribution is 2.50. The van der Waals surface area contributed by atoms with Crippen molar-refractivity contribution in [3.05, 3.63) is 71.3 Å². The first kappa shape index (κ1) is 20.6. The van der Waals surface area contributed by atoms with Gasteiger partial charge in [0, 0.05) is 23.9 Å². The molecule has 0 spiro atoms. The summed E-state index contributed by atoms with van der Waals surface area (Å²) in [6.45, 7) is 4.47. The Morgan fingerprint density at radius 3 is 2.38 bits per heavy atom. The Labute approximate surface area is 187 Å². The minimum atomic E-state index is -0.734. The van der Waals surface area contributed by atoms with Gasteiger partial charge in [-0.3, -0.25) is 19.3 Å². The maximum absolute atomic E-state index is 13.9. The molecule has 32 heavy (non-hydrogen) atoms. The Morgan fingerprint density at radius 2 is 1.66 bits per heavy atom. The number of anilines is 1. The van der Waals surface area contributed by atoms with Crippen molar-refractivity contribution in [3.63, 3.8) is 0 Å². The number of aryl methyl sites for hydroxylation is 1. The van der Waals surface area contributed by atoms with Crippen molar-refractivity contribution in [1.82, 2.24) is 4.90 Å². The number of rotatable bonds is 5. The number of fused-ring (bicyclic) bond motifs is 5. The SMILES string of the molecule is COCCN1C(=O)[C@@H]2[C@H](C1=O)[C@H]1C=C(C)c3ccccc3N1[C@H]2C(=O)c1ccc(C)cc1. The van der Waals surface area contributed by atoms with Crippen LogP contribution in [0.3, 0.4) is 0 Å². The zero-order valence-electron chi connectivity index (χ0n) is 18.4. The minimum Gasteiger partial charge on any atom is -0.383 e. The smallest absolute Gasteiger partial charge is 0.235 e. The molecule has 0 aromatic heterocycles. The lowest BCUT2D eigenvalue weighted by atomic mass is 9.85. The highest BCUT2D eigenvalue weighted by Gasteiger charge is 2.64. The molecule has 0 aliphatic carbocycles. The number of ether oxygens (including phenoxy) is 1. The minimum absolute atomic E-state index is 0.125. The normalized spacial score (nSPS) is 26.0. The largest absolute Gasteiger partial charge is 0.383 e. The summed E-state index contributed by atoms with van der Waals surface area (Å²) >= 11 is 0. The van der Waals surface area contributed by atoms with Gasteiger partial charge in [-0.25, -0.2) is 0 Å². The van der Waals surface area contributed by atoms with E-state index in [0.717, 1.165) is 22.4 Å². The Hall–Kier alpha value is -3.25. The molecular weight excluding hydrogens is 404 g/mol. The van der Waals surface area contributed by atoms with Crippen LogP contribution < -0.4 is 4.90 Å². The fourth-order valence-corrected chi connectivity index (χ4v) is 5.45. The molecule has 164 valence electrons. The van der Waals surface area contributed by atoms with Gasteiger partial charge < -0.3 is 9.64 Å². The Balaban J connectivity index is 1.64. The van der Waals surface area contributed by atoms with E-state index in [1.54, 1.807) is 19.2 Å². The van der Waals surface area contributed by atoms with E-state index in [9.17, 15) is 14.4 Å². The van der Waals surface area contributed by atoms with Crippen LogP contribution in [0.5, 0.6) is 0 Å². The Bertz CT molecular complexity index is 1140. The fraction of sp³-hybridized carbons (Fsp3) is 0.346. The van der Waals surface area contributed by atoms with Gasteiger partial charge in [0.2, 0.25) is 11.8 Å². The van der Waals surface area contributed by atoms with E-state index in [-0.39, 0.29) is 36.8 Å². The number of para-hydroxylation sites is 1. The number of Topliss-reactive ketones (excluding diaryl/α,β-unsaturated/α-hetero) is 1. The molecule has 3 heterocycles. The van der Waals surface area contributed by atoms with Crippen molar-refractivity contribution >= 4 is 28.9 Å². The van der Waals surface area contributed by atoms with Crippen LogP contribution in [0.1, 0.15) is 28.4 Å². The average molecular weight is 431 g/mol. The summed E-state index contributed by atoms with van der Waals surface area (Å²) in [5.74, 6) is -1.91. The van der Waals surface area contributed by atoms with Gasteiger partial charge >= 0.3 is 0 Å². The number of allylic oxidation sites excluding steroid dienone is 1. The zero-order valence-corrected chi connectivity index (χ0v) is 18.4. The molecule has 5 rings (SSSR count). The van der Waals surface area contributed by atoms with Crippen molar-refractivity contribution < 1.29 is 19.1 Å². The molecule has 2 saturated heterocycles. The third-order valence-corrected chi connectivity index (χ3v) is 6.97. The lowest BCUT2D eigenvalue weighted by Gasteiger charge is -2.38. The zero-order chi connectivity index (χ0) is 22.6. The predicted molar refractivity (Wildman–Crippen MR) is 121 cm³/mol. The van der Waals surface area contributed by atoms with Crippen molar-refractivity contribution in [3.8, 4) is 0 Å². The molecule has 0 unspecified atom stereocenters. The van der Waals surface area contributed by atoms with Gasteiger partial charge in [0.05, 0.1) is 31.0 Å². The van der Waals surface area contributed by atoms with Crippen LogP contribution in [0, 0.1) is 18.8 Å². The standard InChI is InChI=1S/C26H26N2O4/c1-15-8-10-17(11-9-15)24(29)23-22-21(25(30)27(26(22)31)12-13-32-3)20-14-16(2)18-6-4-5-7-19(18)28(20)23/h4-11,14,20-23H,12-13H2,1-3H3/t20-,21-,22-,23-/m1/s1. The van der Waals surface area contributed by atoms with Gasteiger partial charge in [0.15, 0.2) is 5.78 Å². The molecule has 0 bridgehead atoms. The third kappa shape index (κ3) is 2.93. The summed E-state index contributed by atoms with van der Waals surface area (Å²) in [4.78, 5) is 44.1. The van der Waals surface area contributed by atoms with Gasteiger partial charge in [0.25, 0.3) is 0 Å². The van der Waals surface area contributed by atoms with Crippen molar-refractivity contribution in [2.75, 3.05) is 25.2 Å². The second-order valence-electron chi connectivity index (χ2n) is 8.81. The van der Waals surface area contributed by atoms with Crippen molar-refractivity contribution in [2.45, 2.75) is 25.9 Å². The van der Waals surface area contributed by atoms with Crippen LogP contribution in [-0.4, -0.2) is 54.8 Å². The molecule has 3 aliphatic rings. The Morgan fingerprint density at radius 1 is 0.969 bits per heavy atom. The van der Waals surface area contributed by atoms with Crippen LogP contribution in [-0.2, 0) is 14.3 Å². The van der Waals surface area contributed by atoms with Crippen LogP contribution in [0.15, 0.2) is 54.6 Å². The van der Waals surface area contributed by atoms with Crippen LogP contribution in [0.25, 0.3) is 5.57 Å². The quantitative estimate of drug-likeness (QED) is 0.539. The first-order chi connectivity index (χ1) is 15.4. The number of benzene rings is 2. The molecule has 6 heteroatoms. The Kier molecular flexibility index (Phi) is 4.97. The summed E-state index contributed by atoms with van der Waals surface area (Å²) in [6, 6.07) is 14.2. The van der Waals surface area contributed by atoms with Gasteiger partial charge in [-0.05, 0) is 25.5 Å². The number of hydrogen-bond acceptors (Lipinski definition) is 5. The van der Waals surface area contributed by atoms with Crippen LogP contribution >= 0.6 is 0 Å². The second kappa shape index (κ2) is 7.71. The second-order valence-corrected chi connectivity index (χ2v) is 8.81. The van der Waals surface area contributed by atoms with E-state index in [2.05, 4.69) is 0 Å². The molecule has 6 nitrogen and oxygen atoms in total. The molecule has 2 aromatic carbocycles. The number of ketones is 1. The number of carbonyl (C=O) groups excluding carboxylic acids is 3. The molecule has 4 atom stereocenters. The van der Waals surface area contributed by atoms with Crippen LogP contribution in [0.4, 0.5) is 5.69 Å². The number of likely N-dealkylation sites (tertiary alicyclic amines) is 1. The van der Waals surface area contributed by atoms with E-state index < -0.39 is 17.9 Å². The van der Waals surface area contributed by atoms with Crippen molar-refractivity contribution in [1.29, 1.82) is 0 Å². The maximum atomic E-state index is 13.9. The molecule has 3 aliphatic heterocycles. The summed E-state index contributed by atoms with van der Waals surface area (Å²) in [5.41, 5.74) is 4.60. The lowest BCUT2D eigenvalue weighted by Crippen LogP contribution is -2.49. The van der Waals surface area contributed by atoms with Gasteiger partial charge in [-0.1, -0.05) is 54.1 Å². The number of amides is 2. The predicted octanol–water partition coefficient (Wildman–Crippen LogP) is 3.10. The monoisotopic (exact) mass is 430 g/mol. The summed E-state index contributed by atoms with van der Waals surface area (Å²) in [7, 11) is 1.54. The lowest BCUT2D eigenvalue weighted by molar-refractivity contribution is -0.141. The first-order valence-electron chi connectivity index (χ1n) is 10.9. The average Bonchev–Trinajstić information content (AvgIpc) is 3.25. The number of carbonyl (C=O) groups is 3. The molecule has 0 saturated carbocycles. The highest BCUT2D eigenvalue weighted by molar-refractivity contribution is 6.14. The van der Waals surface area contributed by atoms with Gasteiger partial charge in [-0.15, -0.1) is 0 Å².